The quantitative estimate of drug-likeness (QED) is 0.896. The molecule has 0 aromatic heterocycles. The number of benzene rings is 1. The van der Waals surface area contributed by atoms with Crippen LogP contribution in [0.1, 0.15) is 43.0 Å². The van der Waals surface area contributed by atoms with Gasteiger partial charge in [-0.15, -0.1) is 0 Å². The van der Waals surface area contributed by atoms with Gasteiger partial charge in [0.1, 0.15) is 0 Å². The molecule has 0 spiro atoms. The van der Waals surface area contributed by atoms with E-state index in [0.717, 1.165) is 57.5 Å². The standard InChI is InChI=1S/C19H27N3O2/c1-14-8-12-22(13-9-14)19(24)16-2-4-17(5-3-16)21-18(23)15-6-10-20-11-7-15/h2-5,14-15,20H,6-13H2,1H3,(H,21,23). The number of rotatable bonds is 3. The average molecular weight is 329 g/mol. The summed E-state index contributed by atoms with van der Waals surface area (Å²) in [6, 6.07) is 7.30. The first kappa shape index (κ1) is 17.0. The number of nitrogens with one attached hydrogen (secondary N) is 2. The first-order valence-corrected chi connectivity index (χ1v) is 9.04. The maximum absolute atomic E-state index is 12.5. The Hall–Kier alpha value is -1.88. The van der Waals surface area contributed by atoms with Crippen molar-refractivity contribution >= 4 is 17.5 Å². The maximum atomic E-state index is 12.5. The molecule has 0 unspecified atom stereocenters. The van der Waals surface area contributed by atoms with Crippen molar-refractivity contribution in [2.45, 2.75) is 32.6 Å². The van der Waals surface area contributed by atoms with Gasteiger partial charge in [-0.25, -0.2) is 0 Å². The van der Waals surface area contributed by atoms with E-state index < -0.39 is 0 Å². The van der Waals surface area contributed by atoms with Crippen molar-refractivity contribution in [1.82, 2.24) is 10.2 Å². The summed E-state index contributed by atoms with van der Waals surface area (Å²) in [4.78, 5) is 26.7. The molecule has 2 N–H and O–H groups in total. The summed E-state index contributed by atoms with van der Waals surface area (Å²) >= 11 is 0. The highest BCUT2D eigenvalue weighted by atomic mass is 16.2. The lowest BCUT2D eigenvalue weighted by atomic mass is 9.97. The second-order valence-electron chi connectivity index (χ2n) is 7.07. The highest BCUT2D eigenvalue weighted by molar-refractivity contribution is 5.96. The van der Waals surface area contributed by atoms with Gasteiger partial charge in [0.15, 0.2) is 0 Å². The molecule has 1 aromatic carbocycles. The van der Waals surface area contributed by atoms with Gasteiger partial charge >= 0.3 is 0 Å². The van der Waals surface area contributed by atoms with Crippen LogP contribution in [-0.2, 0) is 4.79 Å². The summed E-state index contributed by atoms with van der Waals surface area (Å²) in [6.07, 6.45) is 3.93. The van der Waals surface area contributed by atoms with Crippen LogP contribution in [0.25, 0.3) is 0 Å². The van der Waals surface area contributed by atoms with Gasteiger partial charge in [0, 0.05) is 30.3 Å². The SMILES string of the molecule is CC1CCN(C(=O)c2ccc(NC(=O)C3CCNCC3)cc2)CC1. The number of nitrogens with zero attached hydrogens (tertiary/aromatic N) is 1. The number of amides is 2. The highest BCUT2D eigenvalue weighted by Gasteiger charge is 2.22. The number of anilines is 1. The van der Waals surface area contributed by atoms with Crippen molar-refractivity contribution in [2.24, 2.45) is 11.8 Å². The van der Waals surface area contributed by atoms with E-state index in [4.69, 9.17) is 0 Å². The molecule has 5 heteroatoms. The molecular weight excluding hydrogens is 302 g/mol. The second kappa shape index (κ2) is 7.79. The van der Waals surface area contributed by atoms with Crippen LogP contribution in [0.5, 0.6) is 0 Å². The number of carbonyl (C=O) groups is 2. The smallest absolute Gasteiger partial charge is 0.253 e. The molecule has 0 bridgehead atoms. The number of hydrogen-bond donors (Lipinski definition) is 2. The fraction of sp³-hybridized carbons (Fsp3) is 0.579. The Kier molecular flexibility index (Phi) is 5.51. The van der Waals surface area contributed by atoms with E-state index in [1.54, 1.807) is 0 Å². The topological polar surface area (TPSA) is 61.4 Å². The third-order valence-corrected chi connectivity index (χ3v) is 5.18. The van der Waals surface area contributed by atoms with Gasteiger partial charge in [-0.1, -0.05) is 6.92 Å². The van der Waals surface area contributed by atoms with Gasteiger partial charge in [-0.2, -0.15) is 0 Å². The van der Waals surface area contributed by atoms with Crippen LogP contribution in [0.15, 0.2) is 24.3 Å². The Morgan fingerprint density at radius 2 is 1.67 bits per heavy atom. The lowest BCUT2D eigenvalue weighted by molar-refractivity contribution is -0.120. The van der Waals surface area contributed by atoms with Gasteiger partial charge in [0.25, 0.3) is 5.91 Å². The van der Waals surface area contributed by atoms with Crippen LogP contribution < -0.4 is 10.6 Å². The molecule has 0 atom stereocenters. The lowest BCUT2D eigenvalue weighted by Crippen LogP contribution is -2.37. The Labute approximate surface area is 143 Å². The Morgan fingerprint density at radius 3 is 2.29 bits per heavy atom. The van der Waals surface area contributed by atoms with Crippen molar-refractivity contribution in [3.05, 3.63) is 29.8 Å². The molecular formula is C19H27N3O2. The predicted octanol–water partition coefficient (Wildman–Crippen LogP) is 2.50. The minimum Gasteiger partial charge on any atom is -0.339 e. The van der Waals surface area contributed by atoms with E-state index in [9.17, 15) is 9.59 Å². The number of likely N-dealkylation sites (tertiary alicyclic amines) is 1. The summed E-state index contributed by atoms with van der Waals surface area (Å²) in [5.41, 5.74) is 1.46. The van der Waals surface area contributed by atoms with Gasteiger partial charge in [-0.05, 0) is 69.0 Å². The fourth-order valence-electron chi connectivity index (χ4n) is 3.42. The Morgan fingerprint density at radius 1 is 1.04 bits per heavy atom. The molecule has 130 valence electrons. The first-order valence-electron chi connectivity index (χ1n) is 9.04. The van der Waals surface area contributed by atoms with Crippen LogP contribution >= 0.6 is 0 Å². The summed E-state index contributed by atoms with van der Waals surface area (Å²) in [7, 11) is 0. The fourth-order valence-corrected chi connectivity index (χ4v) is 3.42. The van der Waals surface area contributed by atoms with Crippen LogP contribution in [0.2, 0.25) is 0 Å². The van der Waals surface area contributed by atoms with Gasteiger partial charge in [0.05, 0.1) is 0 Å². The van der Waals surface area contributed by atoms with E-state index in [2.05, 4.69) is 17.6 Å². The van der Waals surface area contributed by atoms with Crippen molar-refractivity contribution in [2.75, 3.05) is 31.5 Å². The molecule has 0 radical (unpaired) electrons. The van der Waals surface area contributed by atoms with Gasteiger partial charge < -0.3 is 15.5 Å². The number of piperidine rings is 2. The second-order valence-corrected chi connectivity index (χ2v) is 7.07. The number of hydrogen-bond acceptors (Lipinski definition) is 3. The molecule has 5 nitrogen and oxygen atoms in total. The van der Waals surface area contributed by atoms with Gasteiger partial charge in [-0.3, -0.25) is 9.59 Å². The largest absolute Gasteiger partial charge is 0.339 e. The Balaban J connectivity index is 1.56. The summed E-state index contributed by atoms with van der Waals surface area (Å²) in [6.45, 7) is 5.73. The minimum absolute atomic E-state index is 0.0839. The zero-order valence-corrected chi connectivity index (χ0v) is 14.4. The van der Waals surface area contributed by atoms with E-state index in [-0.39, 0.29) is 17.7 Å². The van der Waals surface area contributed by atoms with Crippen LogP contribution in [0.4, 0.5) is 5.69 Å². The van der Waals surface area contributed by atoms with Crippen molar-refractivity contribution in [3.63, 3.8) is 0 Å². The molecule has 0 saturated carbocycles. The third-order valence-electron chi connectivity index (χ3n) is 5.18. The normalized spacial score (nSPS) is 20.0. The summed E-state index contributed by atoms with van der Waals surface area (Å²) in [5.74, 6) is 0.975. The van der Waals surface area contributed by atoms with Crippen LogP contribution in [0, 0.1) is 11.8 Å². The van der Waals surface area contributed by atoms with Gasteiger partial charge in [0.2, 0.25) is 5.91 Å². The predicted molar refractivity (Wildman–Crippen MR) is 95.0 cm³/mol. The molecule has 2 aliphatic rings. The highest BCUT2D eigenvalue weighted by Crippen LogP contribution is 2.20. The van der Waals surface area contributed by atoms with E-state index in [0.29, 0.717) is 11.5 Å². The molecule has 2 saturated heterocycles. The van der Waals surface area contributed by atoms with E-state index in [1.165, 1.54) is 0 Å². The third kappa shape index (κ3) is 4.15. The molecule has 2 amide bonds. The lowest BCUT2D eigenvalue weighted by Gasteiger charge is -2.30. The van der Waals surface area contributed by atoms with Crippen LogP contribution in [-0.4, -0.2) is 42.9 Å². The first-order chi connectivity index (χ1) is 11.6. The van der Waals surface area contributed by atoms with Crippen LogP contribution in [0.3, 0.4) is 0 Å². The van der Waals surface area contributed by atoms with E-state index >= 15 is 0 Å². The van der Waals surface area contributed by atoms with E-state index in [1.807, 2.05) is 29.2 Å². The minimum atomic E-state index is 0.0839. The molecule has 0 aliphatic carbocycles. The number of carbonyl (C=O) groups excluding carboxylic acids is 2. The molecule has 2 aliphatic heterocycles. The summed E-state index contributed by atoms with van der Waals surface area (Å²) < 4.78 is 0. The molecule has 24 heavy (non-hydrogen) atoms. The molecule has 2 heterocycles. The molecule has 3 rings (SSSR count). The molecule has 1 aromatic rings. The maximum Gasteiger partial charge on any atom is 0.253 e. The monoisotopic (exact) mass is 329 g/mol. The summed E-state index contributed by atoms with van der Waals surface area (Å²) in [5, 5.41) is 6.24. The average Bonchev–Trinajstić information content (AvgIpc) is 2.63. The van der Waals surface area contributed by atoms with Crippen molar-refractivity contribution in [1.29, 1.82) is 0 Å². The zero-order valence-electron chi connectivity index (χ0n) is 14.4. The molecule has 2 fully saturated rings. The van der Waals surface area contributed by atoms with Crippen molar-refractivity contribution in [3.8, 4) is 0 Å². The zero-order chi connectivity index (χ0) is 16.9. The Bertz CT molecular complexity index is 571. The van der Waals surface area contributed by atoms with Crippen molar-refractivity contribution < 1.29 is 9.59 Å².